The minimum absolute atomic E-state index is 0.107. The van der Waals surface area contributed by atoms with Crippen molar-refractivity contribution in [3.63, 3.8) is 0 Å². The number of carbonyl (C=O) groups excluding carboxylic acids is 1. The maximum absolute atomic E-state index is 11.6. The third kappa shape index (κ3) is 4.77. The fraction of sp³-hybridized carbons (Fsp3) is 0.750. The van der Waals surface area contributed by atoms with Crippen LogP contribution in [0.5, 0.6) is 0 Å². The van der Waals surface area contributed by atoms with Crippen LogP contribution in [0.4, 0.5) is 0 Å². The van der Waals surface area contributed by atoms with Gasteiger partial charge in [-0.05, 0) is 33.9 Å². The van der Waals surface area contributed by atoms with Gasteiger partial charge in [0, 0.05) is 19.1 Å². The maximum atomic E-state index is 11.6. The maximum Gasteiger partial charge on any atom is 0.234 e. The van der Waals surface area contributed by atoms with Crippen molar-refractivity contribution in [2.75, 3.05) is 33.2 Å². The Hall–Kier alpha value is -0.870. The summed E-state index contributed by atoms with van der Waals surface area (Å²) in [5.41, 5.74) is 1.33. The van der Waals surface area contributed by atoms with Gasteiger partial charge in [-0.25, -0.2) is 0 Å². The lowest BCUT2D eigenvalue weighted by Gasteiger charge is -2.21. The van der Waals surface area contributed by atoms with Crippen LogP contribution in [-0.2, 0) is 4.79 Å². The molecule has 0 aromatic heterocycles. The molecule has 1 rings (SSSR count). The first kappa shape index (κ1) is 13.2. The lowest BCUT2D eigenvalue weighted by molar-refractivity contribution is -0.122. The number of likely N-dealkylation sites (N-methyl/N-ethyl adjacent to an activating group) is 1. The average molecular weight is 225 g/mol. The standard InChI is InChI=1S/C12H23N3O/c1-10(2)15(3)9-12(16)14-8-11-4-6-13-7-5-11/h4,10,13H,5-9H2,1-3H3,(H,14,16). The summed E-state index contributed by atoms with van der Waals surface area (Å²) >= 11 is 0. The first-order valence-electron chi connectivity index (χ1n) is 5.95. The van der Waals surface area contributed by atoms with Gasteiger partial charge < -0.3 is 10.6 Å². The first-order valence-corrected chi connectivity index (χ1v) is 5.95. The van der Waals surface area contributed by atoms with Gasteiger partial charge in [0.25, 0.3) is 0 Å². The summed E-state index contributed by atoms with van der Waals surface area (Å²) in [4.78, 5) is 13.6. The molecule has 16 heavy (non-hydrogen) atoms. The minimum Gasteiger partial charge on any atom is -0.351 e. The molecule has 0 spiro atoms. The average Bonchev–Trinajstić information content (AvgIpc) is 2.27. The molecule has 0 saturated carbocycles. The van der Waals surface area contributed by atoms with Crippen LogP contribution in [0, 0.1) is 0 Å². The van der Waals surface area contributed by atoms with Gasteiger partial charge in [0.15, 0.2) is 0 Å². The lowest BCUT2D eigenvalue weighted by Crippen LogP contribution is -2.39. The predicted molar refractivity (Wildman–Crippen MR) is 66.3 cm³/mol. The lowest BCUT2D eigenvalue weighted by atomic mass is 10.1. The van der Waals surface area contributed by atoms with Gasteiger partial charge in [-0.1, -0.05) is 11.6 Å². The van der Waals surface area contributed by atoms with E-state index >= 15 is 0 Å². The van der Waals surface area contributed by atoms with E-state index in [0.29, 0.717) is 19.1 Å². The summed E-state index contributed by atoms with van der Waals surface area (Å²) in [5.74, 6) is 0.107. The molecule has 4 heteroatoms. The molecule has 0 bridgehead atoms. The van der Waals surface area contributed by atoms with E-state index in [1.807, 2.05) is 11.9 Å². The SMILES string of the molecule is CC(C)N(C)CC(=O)NCC1=CCNCC1. The van der Waals surface area contributed by atoms with Crippen LogP contribution in [0.1, 0.15) is 20.3 Å². The van der Waals surface area contributed by atoms with Crippen LogP contribution in [0.3, 0.4) is 0 Å². The highest BCUT2D eigenvalue weighted by atomic mass is 16.2. The van der Waals surface area contributed by atoms with Crippen LogP contribution >= 0.6 is 0 Å². The third-order valence-electron chi connectivity index (χ3n) is 2.95. The first-order chi connectivity index (χ1) is 7.59. The van der Waals surface area contributed by atoms with Crippen molar-refractivity contribution in [3.8, 4) is 0 Å². The Balaban J connectivity index is 2.21. The number of nitrogens with zero attached hydrogens (tertiary/aromatic N) is 1. The van der Waals surface area contributed by atoms with E-state index in [1.165, 1.54) is 5.57 Å². The highest BCUT2D eigenvalue weighted by molar-refractivity contribution is 5.78. The number of carbonyl (C=O) groups is 1. The molecule has 1 aliphatic rings. The molecule has 2 N–H and O–H groups in total. The molecule has 4 nitrogen and oxygen atoms in total. The van der Waals surface area contributed by atoms with Gasteiger partial charge in [0.1, 0.15) is 0 Å². The summed E-state index contributed by atoms with van der Waals surface area (Å²) in [7, 11) is 1.97. The molecule has 92 valence electrons. The van der Waals surface area contributed by atoms with Crippen LogP contribution in [0.25, 0.3) is 0 Å². The largest absolute Gasteiger partial charge is 0.351 e. The van der Waals surface area contributed by atoms with Crippen LogP contribution < -0.4 is 10.6 Å². The number of nitrogens with one attached hydrogen (secondary N) is 2. The molecule has 0 saturated heterocycles. The van der Waals surface area contributed by atoms with Gasteiger partial charge in [-0.15, -0.1) is 0 Å². The summed E-state index contributed by atoms with van der Waals surface area (Å²) < 4.78 is 0. The molecule has 1 heterocycles. The quantitative estimate of drug-likeness (QED) is 0.664. The van der Waals surface area contributed by atoms with Gasteiger partial charge in [-0.3, -0.25) is 9.69 Å². The normalized spacial score (nSPS) is 16.4. The Morgan fingerprint density at radius 3 is 2.94 bits per heavy atom. The second kappa shape index (κ2) is 6.66. The van der Waals surface area contributed by atoms with Gasteiger partial charge in [-0.2, -0.15) is 0 Å². The van der Waals surface area contributed by atoms with E-state index < -0.39 is 0 Å². The topological polar surface area (TPSA) is 44.4 Å². The molecular weight excluding hydrogens is 202 g/mol. The summed E-state index contributed by atoms with van der Waals surface area (Å²) in [6.45, 7) is 7.30. The Labute approximate surface area is 98.1 Å². The number of hydrogen-bond acceptors (Lipinski definition) is 3. The molecule has 0 aromatic carbocycles. The smallest absolute Gasteiger partial charge is 0.234 e. The Bertz CT molecular complexity index is 261. The molecule has 0 unspecified atom stereocenters. The fourth-order valence-electron chi connectivity index (χ4n) is 1.51. The van der Waals surface area contributed by atoms with Gasteiger partial charge >= 0.3 is 0 Å². The van der Waals surface area contributed by atoms with Crippen LogP contribution in [0.2, 0.25) is 0 Å². The van der Waals surface area contributed by atoms with E-state index in [4.69, 9.17) is 0 Å². The van der Waals surface area contributed by atoms with Crippen molar-refractivity contribution < 1.29 is 4.79 Å². The molecule has 0 atom stereocenters. The van der Waals surface area contributed by atoms with Crippen molar-refractivity contribution >= 4 is 5.91 Å². The van der Waals surface area contributed by atoms with Crippen molar-refractivity contribution in [1.29, 1.82) is 0 Å². The van der Waals surface area contributed by atoms with Gasteiger partial charge in [0.05, 0.1) is 6.54 Å². The molecular formula is C12H23N3O. The second-order valence-corrected chi connectivity index (χ2v) is 4.60. The molecule has 1 amide bonds. The van der Waals surface area contributed by atoms with Crippen molar-refractivity contribution in [2.45, 2.75) is 26.3 Å². The monoisotopic (exact) mass is 225 g/mol. The number of hydrogen-bond donors (Lipinski definition) is 2. The van der Waals surface area contributed by atoms with Crippen LogP contribution in [0.15, 0.2) is 11.6 Å². The van der Waals surface area contributed by atoms with Gasteiger partial charge in [0.2, 0.25) is 5.91 Å². The Morgan fingerprint density at radius 1 is 1.62 bits per heavy atom. The van der Waals surface area contributed by atoms with Crippen molar-refractivity contribution in [3.05, 3.63) is 11.6 Å². The minimum atomic E-state index is 0.107. The predicted octanol–water partition coefficient (Wildman–Crippen LogP) is 0.363. The highest BCUT2D eigenvalue weighted by Gasteiger charge is 2.10. The van der Waals surface area contributed by atoms with E-state index in [1.54, 1.807) is 0 Å². The second-order valence-electron chi connectivity index (χ2n) is 4.60. The zero-order valence-electron chi connectivity index (χ0n) is 10.5. The zero-order valence-corrected chi connectivity index (χ0v) is 10.5. The molecule has 0 aliphatic carbocycles. The zero-order chi connectivity index (χ0) is 12.0. The number of amides is 1. The molecule has 0 radical (unpaired) electrons. The van der Waals surface area contributed by atoms with Crippen molar-refractivity contribution in [1.82, 2.24) is 15.5 Å². The highest BCUT2D eigenvalue weighted by Crippen LogP contribution is 2.02. The van der Waals surface area contributed by atoms with Crippen molar-refractivity contribution in [2.24, 2.45) is 0 Å². The summed E-state index contributed by atoms with van der Waals surface area (Å²) in [6.07, 6.45) is 3.20. The third-order valence-corrected chi connectivity index (χ3v) is 2.95. The summed E-state index contributed by atoms with van der Waals surface area (Å²) in [5, 5.41) is 6.21. The van der Waals surface area contributed by atoms with E-state index in [2.05, 4.69) is 30.6 Å². The molecule has 0 aromatic rings. The molecule has 1 aliphatic heterocycles. The van der Waals surface area contributed by atoms with Crippen LogP contribution in [-0.4, -0.2) is 50.1 Å². The Kier molecular flexibility index (Phi) is 5.49. The van der Waals surface area contributed by atoms with E-state index in [-0.39, 0.29) is 5.91 Å². The fourth-order valence-corrected chi connectivity index (χ4v) is 1.51. The van der Waals surface area contributed by atoms with E-state index in [0.717, 1.165) is 19.5 Å². The number of rotatable bonds is 5. The van der Waals surface area contributed by atoms with E-state index in [9.17, 15) is 4.79 Å². The Morgan fingerprint density at radius 2 is 2.38 bits per heavy atom. The summed E-state index contributed by atoms with van der Waals surface area (Å²) in [6, 6.07) is 0.406. The molecule has 0 fully saturated rings.